The number of carbonyl (C=O) groups excluding carboxylic acids is 1. The molecule has 0 heterocycles. The summed E-state index contributed by atoms with van der Waals surface area (Å²) in [6.07, 6.45) is 5.41. The maximum Gasteiger partial charge on any atom is 0.225 e. The molecule has 0 aliphatic carbocycles. The number of terminal acetylenes is 1. The van der Waals surface area contributed by atoms with Gasteiger partial charge in [-0.25, -0.2) is 0 Å². The van der Waals surface area contributed by atoms with Crippen molar-refractivity contribution in [1.29, 1.82) is 0 Å². The van der Waals surface area contributed by atoms with Gasteiger partial charge in [-0.2, -0.15) is 0 Å². The van der Waals surface area contributed by atoms with Crippen molar-refractivity contribution in [3.63, 3.8) is 0 Å². The van der Waals surface area contributed by atoms with Gasteiger partial charge in [-0.15, -0.1) is 6.42 Å². The number of ether oxygens (including phenoxy) is 1. The molecule has 0 aromatic heterocycles. The van der Waals surface area contributed by atoms with Crippen LogP contribution in [0.4, 0.5) is 0 Å². The van der Waals surface area contributed by atoms with E-state index in [9.17, 15) is 4.79 Å². The lowest BCUT2D eigenvalue weighted by Crippen LogP contribution is -2.25. The van der Waals surface area contributed by atoms with E-state index in [4.69, 9.17) is 11.2 Å². The molecule has 0 spiro atoms. The van der Waals surface area contributed by atoms with Crippen LogP contribution in [0.5, 0.6) is 5.75 Å². The highest BCUT2D eigenvalue weighted by Gasteiger charge is 2.02. The van der Waals surface area contributed by atoms with Crippen LogP contribution in [0.25, 0.3) is 0 Å². The number of nitrogens with one attached hydrogen (secondary N) is 1. The third-order valence-corrected chi connectivity index (χ3v) is 2.92. The summed E-state index contributed by atoms with van der Waals surface area (Å²) in [6, 6.07) is 17.5. The van der Waals surface area contributed by atoms with Gasteiger partial charge in [-0.3, -0.25) is 4.79 Å². The van der Waals surface area contributed by atoms with Crippen LogP contribution in [0.15, 0.2) is 54.6 Å². The maximum atomic E-state index is 11.5. The summed E-state index contributed by atoms with van der Waals surface area (Å²) >= 11 is 0. The van der Waals surface area contributed by atoms with Crippen LogP contribution in [0.2, 0.25) is 0 Å². The van der Waals surface area contributed by atoms with Gasteiger partial charge in [0.25, 0.3) is 0 Å². The minimum absolute atomic E-state index is 0.0779. The van der Waals surface area contributed by atoms with Gasteiger partial charge in [0.1, 0.15) is 12.4 Å². The highest BCUT2D eigenvalue weighted by atomic mass is 16.5. The third kappa shape index (κ3) is 5.04. The van der Waals surface area contributed by atoms with E-state index >= 15 is 0 Å². The fourth-order valence-corrected chi connectivity index (χ4v) is 1.84. The van der Waals surface area contributed by atoms with E-state index < -0.39 is 0 Å². The fraction of sp³-hybridized carbons (Fsp3) is 0.167. The highest BCUT2D eigenvalue weighted by Crippen LogP contribution is 2.14. The number of rotatable bonds is 6. The van der Waals surface area contributed by atoms with E-state index in [-0.39, 0.29) is 12.5 Å². The van der Waals surface area contributed by atoms with E-state index in [0.717, 1.165) is 16.9 Å². The Hall–Kier alpha value is -2.73. The summed E-state index contributed by atoms with van der Waals surface area (Å²) in [4.78, 5) is 11.5. The van der Waals surface area contributed by atoms with E-state index in [1.165, 1.54) is 0 Å². The lowest BCUT2D eigenvalue weighted by atomic mass is 10.1. The third-order valence-electron chi connectivity index (χ3n) is 2.92. The topological polar surface area (TPSA) is 38.3 Å². The standard InChI is InChI=1S/C18H17NO2/c1-2-12-19-18(20)13-15-8-10-17(11-9-15)21-14-16-6-4-3-5-7-16/h1,3-11H,12-14H2,(H,19,20). The van der Waals surface area contributed by atoms with Crippen molar-refractivity contribution in [1.82, 2.24) is 5.32 Å². The average molecular weight is 279 g/mol. The lowest BCUT2D eigenvalue weighted by molar-refractivity contribution is -0.120. The van der Waals surface area contributed by atoms with Gasteiger partial charge in [0.2, 0.25) is 5.91 Å². The summed E-state index contributed by atoms with van der Waals surface area (Å²) in [5.41, 5.74) is 2.05. The molecule has 2 aromatic carbocycles. The molecule has 0 radical (unpaired) electrons. The maximum absolute atomic E-state index is 11.5. The van der Waals surface area contributed by atoms with E-state index in [1.54, 1.807) is 0 Å². The average Bonchev–Trinajstić information content (AvgIpc) is 2.53. The van der Waals surface area contributed by atoms with Gasteiger partial charge in [-0.05, 0) is 23.3 Å². The van der Waals surface area contributed by atoms with E-state index in [0.29, 0.717) is 13.0 Å². The Balaban J connectivity index is 1.84. The van der Waals surface area contributed by atoms with Crippen molar-refractivity contribution in [3.8, 4) is 18.1 Å². The molecular formula is C18H17NO2. The van der Waals surface area contributed by atoms with Crippen LogP contribution < -0.4 is 10.1 Å². The molecule has 2 rings (SSSR count). The molecule has 1 amide bonds. The van der Waals surface area contributed by atoms with Gasteiger partial charge in [0, 0.05) is 0 Å². The zero-order valence-electron chi connectivity index (χ0n) is 11.7. The van der Waals surface area contributed by atoms with Gasteiger partial charge in [0.15, 0.2) is 0 Å². The van der Waals surface area contributed by atoms with Crippen molar-refractivity contribution >= 4 is 5.91 Å². The first-order chi connectivity index (χ1) is 10.3. The smallest absolute Gasteiger partial charge is 0.225 e. The summed E-state index contributed by atoms with van der Waals surface area (Å²) in [7, 11) is 0. The summed E-state index contributed by atoms with van der Waals surface area (Å²) in [5.74, 6) is 3.08. The first-order valence-electron chi connectivity index (χ1n) is 6.74. The first-order valence-corrected chi connectivity index (χ1v) is 6.74. The Kier molecular flexibility index (Phi) is 5.42. The largest absolute Gasteiger partial charge is 0.489 e. The molecule has 3 heteroatoms. The lowest BCUT2D eigenvalue weighted by Gasteiger charge is -2.07. The molecule has 0 aliphatic heterocycles. The Morgan fingerprint density at radius 3 is 2.43 bits per heavy atom. The Morgan fingerprint density at radius 2 is 1.76 bits per heavy atom. The number of amides is 1. The summed E-state index contributed by atoms with van der Waals surface area (Å²) in [5, 5.41) is 2.64. The molecule has 0 bridgehead atoms. The van der Waals surface area contributed by atoms with Crippen molar-refractivity contribution < 1.29 is 9.53 Å². The van der Waals surface area contributed by atoms with E-state index in [2.05, 4.69) is 11.2 Å². The van der Waals surface area contributed by atoms with E-state index in [1.807, 2.05) is 54.6 Å². The normalized spacial score (nSPS) is 9.67. The van der Waals surface area contributed by atoms with Gasteiger partial charge in [0.05, 0.1) is 13.0 Å². The molecule has 0 aliphatic rings. The minimum Gasteiger partial charge on any atom is -0.489 e. The van der Waals surface area contributed by atoms with Gasteiger partial charge < -0.3 is 10.1 Å². The predicted octanol–water partition coefficient (Wildman–Crippen LogP) is 2.56. The number of hydrogen-bond donors (Lipinski definition) is 1. The molecule has 3 nitrogen and oxygen atoms in total. The zero-order chi connectivity index (χ0) is 14.9. The second-order valence-corrected chi connectivity index (χ2v) is 4.58. The monoisotopic (exact) mass is 279 g/mol. The zero-order valence-corrected chi connectivity index (χ0v) is 11.7. The predicted molar refractivity (Wildman–Crippen MR) is 82.8 cm³/mol. The molecule has 21 heavy (non-hydrogen) atoms. The fourth-order valence-electron chi connectivity index (χ4n) is 1.84. The van der Waals surface area contributed by atoms with Crippen molar-refractivity contribution in [2.45, 2.75) is 13.0 Å². The Bertz CT molecular complexity index is 612. The molecule has 0 saturated carbocycles. The van der Waals surface area contributed by atoms with Crippen molar-refractivity contribution in [3.05, 3.63) is 65.7 Å². The van der Waals surface area contributed by atoms with Crippen LogP contribution in [0.1, 0.15) is 11.1 Å². The van der Waals surface area contributed by atoms with Crippen molar-refractivity contribution in [2.24, 2.45) is 0 Å². The molecule has 1 N–H and O–H groups in total. The highest BCUT2D eigenvalue weighted by molar-refractivity contribution is 5.78. The van der Waals surface area contributed by atoms with Gasteiger partial charge >= 0.3 is 0 Å². The molecule has 0 fully saturated rings. The second-order valence-electron chi connectivity index (χ2n) is 4.58. The quantitative estimate of drug-likeness (QED) is 0.825. The molecule has 0 unspecified atom stereocenters. The molecule has 0 atom stereocenters. The second kappa shape index (κ2) is 7.76. The number of hydrogen-bond acceptors (Lipinski definition) is 2. The van der Waals surface area contributed by atoms with Crippen molar-refractivity contribution in [2.75, 3.05) is 6.54 Å². The minimum atomic E-state index is -0.0779. The van der Waals surface area contributed by atoms with Crippen LogP contribution in [-0.4, -0.2) is 12.5 Å². The summed E-state index contributed by atoms with van der Waals surface area (Å²) in [6.45, 7) is 0.792. The molecular weight excluding hydrogens is 262 g/mol. The summed E-state index contributed by atoms with van der Waals surface area (Å²) < 4.78 is 5.69. The van der Waals surface area contributed by atoms with Crippen LogP contribution in [0.3, 0.4) is 0 Å². The molecule has 106 valence electrons. The van der Waals surface area contributed by atoms with Crippen LogP contribution >= 0.6 is 0 Å². The molecule has 2 aromatic rings. The van der Waals surface area contributed by atoms with Crippen LogP contribution in [-0.2, 0) is 17.8 Å². The SMILES string of the molecule is C#CCNC(=O)Cc1ccc(OCc2ccccc2)cc1. The Morgan fingerprint density at radius 1 is 1.05 bits per heavy atom. The van der Waals surface area contributed by atoms with Crippen LogP contribution in [0, 0.1) is 12.3 Å². The number of carbonyl (C=O) groups is 1. The van der Waals surface area contributed by atoms with Gasteiger partial charge in [-0.1, -0.05) is 48.4 Å². The number of benzene rings is 2. The first kappa shape index (κ1) is 14.7. The molecule has 0 saturated heterocycles. The Labute approximate surface area is 125 Å².